The number of carbonyl (C=O) groups is 2. The second kappa shape index (κ2) is 16.4. The number of fused-ring (bicyclic) bond motifs is 2. The van der Waals surface area contributed by atoms with Gasteiger partial charge < -0.3 is 38.3 Å². The zero-order chi connectivity index (χ0) is 37.8. The van der Waals surface area contributed by atoms with Gasteiger partial charge in [-0.25, -0.2) is 9.97 Å². The van der Waals surface area contributed by atoms with E-state index in [1.807, 2.05) is 37.3 Å². The zero-order valence-electron chi connectivity index (χ0n) is 32.6. The Morgan fingerprint density at radius 1 is 0.769 bits per heavy atom. The minimum absolute atomic E-state index is 0.00542. The third kappa shape index (κ3) is 9.02. The summed E-state index contributed by atoms with van der Waals surface area (Å²) in [5.41, 5.74) is 3.92. The van der Waals surface area contributed by atoms with Crippen LogP contribution in [-0.2, 0) is 48.1 Å². The summed E-state index contributed by atoms with van der Waals surface area (Å²) < 4.78 is 21.4. The van der Waals surface area contributed by atoms with E-state index in [1.54, 1.807) is 44.7 Å². The Morgan fingerprint density at radius 2 is 1.17 bits per heavy atom. The molecule has 0 aliphatic carbocycles. The molecule has 2 aliphatic heterocycles. The van der Waals surface area contributed by atoms with Gasteiger partial charge in [-0.1, -0.05) is 0 Å². The molecule has 284 valence electrons. The summed E-state index contributed by atoms with van der Waals surface area (Å²) >= 11 is 0. The van der Waals surface area contributed by atoms with Crippen LogP contribution in [0.15, 0.2) is 36.4 Å². The molecule has 0 saturated carbocycles. The van der Waals surface area contributed by atoms with E-state index in [-0.39, 0.29) is 11.8 Å². The van der Waals surface area contributed by atoms with Crippen molar-refractivity contribution in [2.75, 3.05) is 56.9 Å². The number of nitrogens with zero attached hydrogens (tertiary/aromatic N) is 6. The van der Waals surface area contributed by atoms with Gasteiger partial charge in [0.15, 0.2) is 0 Å². The summed E-state index contributed by atoms with van der Waals surface area (Å²) in [5.74, 6) is 2.68. The van der Waals surface area contributed by atoms with Crippen molar-refractivity contribution in [3.8, 4) is 0 Å². The lowest BCUT2D eigenvalue weighted by atomic mass is 9.99. The van der Waals surface area contributed by atoms with Crippen LogP contribution in [0.4, 0.5) is 11.4 Å². The first kappa shape index (κ1) is 39.4. The molecule has 4 heterocycles. The first-order valence-corrected chi connectivity index (χ1v) is 18.6. The van der Waals surface area contributed by atoms with E-state index >= 15 is 0 Å². The maximum absolute atomic E-state index is 11.7. The fourth-order valence-corrected chi connectivity index (χ4v) is 7.11. The van der Waals surface area contributed by atoms with Crippen molar-refractivity contribution in [2.45, 2.75) is 98.4 Å². The molecule has 52 heavy (non-hydrogen) atoms. The molecule has 12 nitrogen and oxygen atoms in total. The molecule has 0 unspecified atom stereocenters. The van der Waals surface area contributed by atoms with Gasteiger partial charge in [0.05, 0.1) is 22.1 Å². The van der Waals surface area contributed by atoms with Crippen molar-refractivity contribution < 1.29 is 28.9 Å². The topological polar surface area (TPSA) is 124 Å². The number of ether oxygens (including phenoxy) is 3. The molecule has 2 amide bonds. The summed E-state index contributed by atoms with van der Waals surface area (Å²) in [7, 11) is 3.53. The number of rotatable bonds is 10. The second-order valence-electron chi connectivity index (χ2n) is 15.2. The molecule has 0 atom stereocenters. The lowest BCUT2D eigenvalue weighted by Gasteiger charge is -2.28. The Labute approximate surface area is 308 Å². The average Bonchev–Trinajstić information content (AvgIpc) is 3.67. The lowest BCUT2D eigenvalue weighted by Crippen LogP contribution is -2.29. The van der Waals surface area contributed by atoms with Gasteiger partial charge >= 0.3 is 0 Å². The summed E-state index contributed by atoms with van der Waals surface area (Å²) in [4.78, 5) is 36.2. The number of aliphatic hydroxyl groups is 1. The highest BCUT2D eigenvalue weighted by atomic mass is 16.5. The Morgan fingerprint density at radius 3 is 1.56 bits per heavy atom. The Balaban J connectivity index is 0.000000202. The molecule has 0 radical (unpaired) electrons. The van der Waals surface area contributed by atoms with Gasteiger partial charge in [0.2, 0.25) is 11.8 Å². The van der Waals surface area contributed by atoms with Crippen LogP contribution in [0.25, 0.3) is 22.1 Å². The van der Waals surface area contributed by atoms with Crippen LogP contribution < -0.4 is 9.80 Å². The molecule has 0 spiro atoms. The Hall–Kier alpha value is -3.84. The van der Waals surface area contributed by atoms with Gasteiger partial charge in [-0.15, -0.1) is 0 Å². The minimum atomic E-state index is -1.03. The van der Waals surface area contributed by atoms with Gasteiger partial charge in [0.1, 0.15) is 22.9 Å². The van der Waals surface area contributed by atoms with Crippen molar-refractivity contribution in [3.63, 3.8) is 0 Å². The van der Waals surface area contributed by atoms with Crippen LogP contribution in [0.3, 0.4) is 0 Å². The maximum Gasteiger partial charge on any atom is 0.223 e. The van der Waals surface area contributed by atoms with Gasteiger partial charge in [-0.2, -0.15) is 0 Å². The van der Waals surface area contributed by atoms with Crippen molar-refractivity contribution in [2.24, 2.45) is 11.8 Å². The Bertz CT molecular complexity index is 1840. The number of carbonyl (C=O) groups excluding carboxylic acids is 2. The number of aromatic nitrogens is 4. The predicted molar refractivity (Wildman–Crippen MR) is 205 cm³/mol. The minimum Gasteiger partial charge on any atom is -0.383 e. The van der Waals surface area contributed by atoms with E-state index in [9.17, 15) is 14.7 Å². The number of hydrogen-bond donors (Lipinski definition) is 1. The van der Waals surface area contributed by atoms with Gasteiger partial charge in [-0.05, 0) is 109 Å². The van der Waals surface area contributed by atoms with Crippen LogP contribution in [0.1, 0.15) is 85.8 Å². The van der Waals surface area contributed by atoms with Gasteiger partial charge in [0.25, 0.3) is 0 Å². The number of hydrogen-bond acceptors (Lipinski definition) is 8. The molecule has 2 aromatic carbocycles. The van der Waals surface area contributed by atoms with E-state index < -0.39 is 11.2 Å². The van der Waals surface area contributed by atoms with Crippen LogP contribution >= 0.6 is 0 Å². The molecular formula is C40H58N6O6. The monoisotopic (exact) mass is 718 g/mol. The number of anilines is 2. The van der Waals surface area contributed by atoms with Crippen LogP contribution in [0.2, 0.25) is 0 Å². The van der Waals surface area contributed by atoms with Crippen molar-refractivity contribution in [1.82, 2.24) is 19.1 Å². The number of benzene rings is 2. The van der Waals surface area contributed by atoms with E-state index in [0.717, 1.165) is 104 Å². The SMILES string of the molecule is CC(=O)N(C)c1ccc2c(c1)nc(C(C)(C)O)n2CC1CCOCC1.CCOC(C)(C)c1nc2cc(N(C)C(C)=O)ccc2n1CC1CCOCC1. The second-order valence-corrected chi connectivity index (χ2v) is 15.2. The highest BCUT2D eigenvalue weighted by Gasteiger charge is 2.30. The third-order valence-corrected chi connectivity index (χ3v) is 10.3. The average molecular weight is 719 g/mol. The zero-order valence-corrected chi connectivity index (χ0v) is 32.6. The van der Waals surface area contributed by atoms with E-state index in [0.29, 0.717) is 24.3 Å². The van der Waals surface area contributed by atoms with Crippen molar-refractivity contribution in [1.29, 1.82) is 0 Å². The van der Waals surface area contributed by atoms with Gasteiger partial charge in [-0.3, -0.25) is 9.59 Å². The molecule has 2 saturated heterocycles. The van der Waals surface area contributed by atoms with Crippen LogP contribution in [-0.4, -0.2) is 83.2 Å². The van der Waals surface area contributed by atoms with Crippen LogP contribution in [0.5, 0.6) is 0 Å². The summed E-state index contributed by atoms with van der Waals surface area (Å²) in [5, 5.41) is 10.6. The predicted octanol–water partition coefficient (Wildman–Crippen LogP) is 6.39. The molecule has 2 aromatic heterocycles. The normalized spacial score (nSPS) is 16.2. The Kier molecular flexibility index (Phi) is 12.5. The smallest absolute Gasteiger partial charge is 0.223 e. The molecule has 12 heteroatoms. The highest BCUT2D eigenvalue weighted by Crippen LogP contribution is 2.33. The molecule has 2 fully saturated rings. The van der Waals surface area contributed by atoms with Crippen molar-refractivity contribution in [3.05, 3.63) is 48.0 Å². The fourth-order valence-electron chi connectivity index (χ4n) is 7.11. The molecule has 1 N–H and O–H groups in total. The maximum atomic E-state index is 11.7. The molecular weight excluding hydrogens is 660 g/mol. The molecule has 4 aromatic rings. The fraction of sp³-hybridized carbons (Fsp3) is 0.600. The van der Waals surface area contributed by atoms with E-state index in [1.165, 1.54) is 6.92 Å². The molecule has 0 bridgehead atoms. The first-order chi connectivity index (χ1) is 24.6. The largest absolute Gasteiger partial charge is 0.383 e. The number of amides is 2. The van der Waals surface area contributed by atoms with Crippen LogP contribution in [0, 0.1) is 11.8 Å². The summed E-state index contributed by atoms with van der Waals surface area (Å²) in [6, 6.07) is 11.9. The first-order valence-electron chi connectivity index (χ1n) is 18.6. The van der Waals surface area contributed by atoms with Gasteiger partial charge in [0, 0.05) is 85.4 Å². The molecule has 2 aliphatic rings. The summed E-state index contributed by atoms with van der Waals surface area (Å²) in [6.07, 6.45) is 4.19. The number of imidazole rings is 2. The van der Waals surface area contributed by atoms with E-state index in [4.69, 9.17) is 24.2 Å². The standard InChI is InChI=1S/C21H31N3O3.C19H27N3O3/c1-6-27-21(3,4)20-22-18-13-17(23(5)15(2)25)7-8-19(18)24(20)14-16-9-11-26-12-10-16;1-13(23)21(4)15-5-6-17-16(11-15)20-18(19(2,3)24)22(17)12-14-7-9-25-10-8-14/h7-8,13,16H,6,9-12,14H2,1-5H3;5-6,11,14,24H,7-10,12H2,1-4H3. The van der Waals surface area contributed by atoms with Crippen molar-refractivity contribution >= 4 is 45.3 Å². The highest BCUT2D eigenvalue weighted by molar-refractivity contribution is 5.94. The quantitative estimate of drug-likeness (QED) is 0.200. The lowest BCUT2D eigenvalue weighted by molar-refractivity contribution is -0.117. The summed E-state index contributed by atoms with van der Waals surface area (Å²) in [6.45, 7) is 18.4. The third-order valence-electron chi connectivity index (χ3n) is 10.3. The molecule has 6 rings (SSSR count). The van der Waals surface area contributed by atoms with E-state index in [2.05, 4.69) is 29.0 Å².